The summed E-state index contributed by atoms with van der Waals surface area (Å²) in [5, 5.41) is 23.3. The second-order valence-corrected chi connectivity index (χ2v) is 17.8. The molecule has 6 heteroatoms. The second kappa shape index (κ2) is 49.0. The highest BCUT2D eigenvalue weighted by atomic mass is 16.5. The SMILES string of the molecule is CCCC/C=C\CCCCCCCC(=O)OCCCC/C=C\CCCCCCCC(=O)NC(CO)C(O)CCCCCCCCCCCCCCCCCCCCCC. The summed E-state index contributed by atoms with van der Waals surface area (Å²) in [7, 11) is 0. The van der Waals surface area contributed by atoms with Gasteiger partial charge in [0.1, 0.15) is 0 Å². The second-order valence-electron chi connectivity index (χ2n) is 17.8. The van der Waals surface area contributed by atoms with Crippen LogP contribution in [0.5, 0.6) is 0 Å². The van der Waals surface area contributed by atoms with Crippen molar-refractivity contribution in [1.82, 2.24) is 5.32 Å². The van der Waals surface area contributed by atoms with Crippen molar-refractivity contribution in [2.45, 2.75) is 289 Å². The number of esters is 1. The molecule has 0 aromatic rings. The molecule has 0 aliphatic heterocycles. The molecule has 0 aliphatic carbocycles. The summed E-state index contributed by atoms with van der Waals surface area (Å²) in [5.74, 6) is -0.105. The maximum Gasteiger partial charge on any atom is 0.305 e. The Labute approximate surface area is 367 Å². The molecule has 6 nitrogen and oxygen atoms in total. The van der Waals surface area contributed by atoms with Crippen molar-refractivity contribution in [3.8, 4) is 0 Å². The highest BCUT2D eigenvalue weighted by molar-refractivity contribution is 5.76. The quantitative estimate of drug-likeness (QED) is 0.0322. The highest BCUT2D eigenvalue weighted by Gasteiger charge is 2.20. The summed E-state index contributed by atoms with van der Waals surface area (Å²) in [4.78, 5) is 24.4. The number of carbonyl (C=O) groups excluding carboxylic acids is 2. The van der Waals surface area contributed by atoms with Gasteiger partial charge in [0.2, 0.25) is 5.91 Å². The fourth-order valence-corrected chi connectivity index (χ4v) is 7.91. The monoisotopic (exact) mass is 832 g/mol. The van der Waals surface area contributed by atoms with Crippen LogP contribution in [-0.4, -0.2) is 47.4 Å². The number of allylic oxidation sites excluding steroid dienone is 4. The van der Waals surface area contributed by atoms with Gasteiger partial charge in [0.05, 0.1) is 25.4 Å². The topological polar surface area (TPSA) is 95.9 Å². The number of hydrogen-bond donors (Lipinski definition) is 3. The van der Waals surface area contributed by atoms with E-state index < -0.39 is 12.1 Å². The molecule has 2 atom stereocenters. The fourth-order valence-electron chi connectivity index (χ4n) is 7.91. The predicted molar refractivity (Wildman–Crippen MR) is 255 cm³/mol. The van der Waals surface area contributed by atoms with E-state index >= 15 is 0 Å². The molecule has 0 radical (unpaired) electrons. The van der Waals surface area contributed by atoms with Crippen LogP contribution in [0.15, 0.2) is 24.3 Å². The van der Waals surface area contributed by atoms with Crippen LogP contribution < -0.4 is 5.32 Å². The number of aliphatic hydroxyl groups excluding tert-OH is 2. The lowest BCUT2D eigenvalue weighted by Crippen LogP contribution is -2.45. The third-order valence-electron chi connectivity index (χ3n) is 12.0. The van der Waals surface area contributed by atoms with Crippen molar-refractivity contribution in [2.75, 3.05) is 13.2 Å². The molecule has 0 bridgehead atoms. The van der Waals surface area contributed by atoms with E-state index in [2.05, 4.69) is 43.5 Å². The minimum atomic E-state index is -0.683. The van der Waals surface area contributed by atoms with Gasteiger partial charge in [0.25, 0.3) is 0 Å². The third kappa shape index (κ3) is 45.7. The predicted octanol–water partition coefficient (Wildman–Crippen LogP) is 15.5. The van der Waals surface area contributed by atoms with Crippen LogP contribution in [0, 0.1) is 0 Å². The Balaban J connectivity index is 3.52. The summed E-state index contributed by atoms with van der Waals surface area (Å²) in [6, 6.07) is -0.563. The van der Waals surface area contributed by atoms with E-state index in [0.29, 0.717) is 25.9 Å². The minimum Gasteiger partial charge on any atom is -0.466 e. The summed E-state index contributed by atoms with van der Waals surface area (Å²) in [6.45, 7) is 4.84. The number of hydrogen-bond acceptors (Lipinski definition) is 5. The molecular weight excluding hydrogens is 731 g/mol. The molecule has 1 amide bonds. The largest absolute Gasteiger partial charge is 0.466 e. The Morgan fingerprint density at radius 2 is 0.814 bits per heavy atom. The molecular formula is C53H101NO5. The van der Waals surface area contributed by atoms with Gasteiger partial charge in [-0.1, -0.05) is 218 Å². The van der Waals surface area contributed by atoms with Crippen LogP contribution in [0.25, 0.3) is 0 Å². The Kier molecular flexibility index (Phi) is 47.6. The van der Waals surface area contributed by atoms with Crippen molar-refractivity contribution in [2.24, 2.45) is 0 Å². The van der Waals surface area contributed by atoms with Crippen molar-refractivity contribution < 1.29 is 24.5 Å². The number of amides is 1. The first-order valence-electron chi connectivity index (χ1n) is 26.1. The van der Waals surface area contributed by atoms with Gasteiger partial charge in [-0.05, 0) is 70.6 Å². The van der Waals surface area contributed by atoms with Crippen molar-refractivity contribution in [3.05, 3.63) is 24.3 Å². The normalized spacial score (nSPS) is 12.8. The first-order valence-corrected chi connectivity index (χ1v) is 26.1. The Bertz CT molecular complexity index is 920. The fraction of sp³-hybridized carbons (Fsp3) is 0.887. The number of nitrogens with one attached hydrogen (secondary N) is 1. The molecule has 0 rings (SSSR count). The minimum absolute atomic E-state index is 0.0420. The van der Waals surface area contributed by atoms with Gasteiger partial charge >= 0.3 is 5.97 Å². The van der Waals surface area contributed by atoms with Gasteiger partial charge < -0.3 is 20.3 Å². The first-order chi connectivity index (χ1) is 29.0. The molecule has 2 unspecified atom stereocenters. The molecule has 0 aliphatic rings. The summed E-state index contributed by atoms with van der Waals surface area (Å²) < 4.78 is 5.41. The smallest absolute Gasteiger partial charge is 0.305 e. The van der Waals surface area contributed by atoms with E-state index in [1.54, 1.807) is 0 Å². The maximum absolute atomic E-state index is 12.5. The summed E-state index contributed by atoms with van der Waals surface area (Å²) >= 11 is 0. The lowest BCUT2D eigenvalue weighted by molar-refractivity contribution is -0.143. The van der Waals surface area contributed by atoms with Crippen molar-refractivity contribution in [1.29, 1.82) is 0 Å². The Hall–Kier alpha value is -1.66. The van der Waals surface area contributed by atoms with E-state index in [4.69, 9.17) is 4.74 Å². The number of rotatable bonds is 48. The van der Waals surface area contributed by atoms with E-state index in [-0.39, 0.29) is 18.5 Å². The summed E-state index contributed by atoms with van der Waals surface area (Å²) in [5.41, 5.74) is 0. The standard InChI is InChI=1S/C53H101NO5/c1-3-5-7-9-11-13-15-16-17-18-19-20-21-22-23-26-29-33-37-41-45-51(56)50(49-55)54-52(57)46-42-38-34-30-27-24-28-32-36-40-44-48-59-53(58)47-43-39-35-31-25-14-12-10-8-6-4-2/h10,12,28,32,50-51,55-56H,3-9,11,13-27,29-31,33-49H2,1-2H3,(H,54,57)/b12-10-,32-28-. The van der Waals surface area contributed by atoms with Crippen LogP contribution in [0.3, 0.4) is 0 Å². The average molecular weight is 832 g/mol. The van der Waals surface area contributed by atoms with E-state index in [9.17, 15) is 19.8 Å². The van der Waals surface area contributed by atoms with Gasteiger partial charge in [-0.15, -0.1) is 0 Å². The Morgan fingerprint density at radius 1 is 0.458 bits per heavy atom. The molecule has 0 aromatic heterocycles. The third-order valence-corrected chi connectivity index (χ3v) is 12.0. The molecule has 0 saturated heterocycles. The van der Waals surface area contributed by atoms with Gasteiger partial charge in [0.15, 0.2) is 0 Å². The molecule has 3 N–H and O–H groups in total. The van der Waals surface area contributed by atoms with E-state index in [0.717, 1.165) is 83.5 Å². The Morgan fingerprint density at radius 3 is 1.25 bits per heavy atom. The lowest BCUT2D eigenvalue weighted by atomic mass is 10.0. The molecule has 0 heterocycles. The number of carbonyl (C=O) groups is 2. The maximum atomic E-state index is 12.5. The van der Waals surface area contributed by atoms with Gasteiger partial charge in [-0.3, -0.25) is 9.59 Å². The summed E-state index contributed by atoms with van der Waals surface area (Å²) in [6.07, 6.45) is 57.2. The molecule has 59 heavy (non-hydrogen) atoms. The molecule has 348 valence electrons. The number of ether oxygens (including phenoxy) is 1. The van der Waals surface area contributed by atoms with Crippen LogP contribution in [0.2, 0.25) is 0 Å². The van der Waals surface area contributed by atoms with Gasteiger partial charge in [0, 0.05) is 12.8 Å². The van der Waals surface area contributed by atoms with Crippen molar-refractivity contribution in [3.63, 3.8) is 0 Å². The van der Waals surface area contributed by atoms with Gasteiger partial charge in [-0.25, -0.2) is 0 Å². The van der Waals surface area contributed by atoms with Crippen LogP contribution >= 0.6 is 0 Å². The molecule has 0 fully saturated rings. The van der Waals surface area contributed by atoms with Crippen LogP contribution in [0.4, 0.5) is 0 Å². The zero-order valence-electron chi connectivity index (χ0n) is 39.5. The van der Waals surface area contributed by atoms with Crippen LogP contribution in [0.1, 0.15) is 277 Å². The van der Waals surface area contributed by atoms with E-state index in [1.165, 1.54) is 161 Å². The zero-order chi connectivity index (χ0) is 43.0. The lowest BCUT2D eigenvalue weighted by Gasteiger charge is -2.22. The van der Waals surface area contributed by atoms with Crippen LogP contribution in [-0.2, 0) is 14.3 Å². The molecule has 0 aromatic carbocycles. The van der Waals surface area contributed by atoms with Gasteiger partial charge in [-0.2, -0.15) is 0 Å². The number of unbranched alkanes of at least 4 members (excludes halogenated alkanes) is 33. The zero-order valence-corrected chi connectivity index (χ0v) is 39.5. The average Bonchev–Trinajstić information content (AvgIpc) is 3.24. The van der Waals surface area contributed by atoms with Crippen molar-refractivity contribution >= 4 is 11.9 Å². The number of aliphatic hydroxyl groups is 2. The molecule has 0 spiro atoms. The van der Waals surface area contributed by atoms with E-state index in [1.807, 2.05) is 0 Å². The molecule has 0 saturated carbocycles. The first kappa shape index (κ1) is 57.3. The highest BCUT2D eigenvalue weighted by Crippen LogP contribution is 2.16.